The number of nitrogens with zero attached hydrogens (tertiary/aromatic N) is 2. The van der Waals surface area contributed by atoms with Gasteiger partial charge in [-0.05, 0) is 55.4 Å². The van der Waals surface area contributed by atoms with E-state index in [1.165, 1.54) is 5.56 Å². The molecule has 4 nitrogen and oxygen atoms in total. The molecule has 0 amide bonds. The van der Waals surface area contributed by atoms with Gasteiger partial charge in [0.25, 0.3) is 0 Å². The van der Waals surface area contributed by atoms with Gasteiger partial charge < -0.3 is 10.1 Å². The number of aryl methyl sites for hydroxylation is 1. The zero-order chi connectivity index (χ0) is 16.1. The number of aromatic nitrogens is 2. The maximum absolute atomic E-state index is 6.19. The molecular formula is C17H31N3O. The summed E-state index contributed by atoms with van der Waals surface area (Å²) in [5.41, 5.74) is 2.22. The Balaban J connectivity index is 2.19. The summed E-state index contributed by atoms with van der Waals surface area (Å²) in [5.74, 6) is 0. The first-order valence-corrected chi connectivity index (χ1v) is 7.89. The van der Waals surface area contributed by atoms with Crippen molar-refractivity contribution in [3.05, 3.63) is 17.5 Å². The van der Waals surface area contributed by atoms with Gasteiger partial charge in [0.15, 0.2) is 0 Å². The second kappa shape index (κ2) is 5.10. The number of hydrogen-bond donors (Lipinski definition) is 1. The van der Waals surface area contributed by atoms with Crippen LogP contribution < -0.4 is 5.32 Å². The monoisotopic (exact) mass is 293 g/mol. The Morgan fingerprint density at radius 1 is 1.33 bits per heavy atom. The molecule has 0 bridgehead atoms. The quantitative estimate of drug-likeness (QED) is 0.925. The van der Waals surface area contributed by atoms with Gasteiger partial charge in [-0.2, -0.15) is 5.10 Å². The minimum atomic E-state index is -0.184. The van der Waals surface area contributed by atoms with E-state index in [1.54, 1.807) is 0 Å². The fourth-order valence-corrected chi connectivity index (χ4v) is 3.16. The van der Waals surface area contributed by atoms with E-state index in [9.17, 15) is 0 Å². The third-order valence-electron chi connectivity index (χ3n) is 4.17. The van der Waals surface area contributed by atoms with E-state index >= 15 is 0 Å². The number of hydrogen-bond acceptors (Lipinski definition) is 3. The van der Waals surface area contributed by atoms with Gasteiger partial charge in [-0.15, -0.1) is 0 Å². The number of ether oxygens (including phenoxy) is 1. The highest BCUT2D eigenvalue weighted by Gasteiger charge is 2.47. The lowest BCUT2D eigenvalue weighted by Crippen LogP contribution is -2.35. The maximum atomic E-state index is 6.19. The van der Waals surface area contributed by atoms with E-state index < -0.39 is 0 Å². The molecule has 21 heavy (non-hydrogen) atoms. The van der Waals surface area contributed by atoms with E-state index in [1.807, 2.05) is 0 Å². The third-order valence-corrected chi connectivity index (χ3v) is 4.17. The number of nitrogens with one attached hydrogen (secondary N) is 1. The molecule has 1 saturated heterocycles. The van der Waals surface area contributed by atoms with Gasteiger partial charge in [-0.3, -0.25) is 4.68 Å². The van der Waals surface area contributed by atoms with Crippen molar-refractivity contribution in [1.82, 2.24) is 15.1 Å². The first-order valence-electron chi connectivity index (χ1n) is 7.89. The smallest absolute Gasteiger partial charge is 0.0857 e. The molecule has 2 rings (SSSR count). The molecule has 1 atom stereocenters. The molecule has 1 aliphatic heterocycles. The topological polar surface area (TPSA) is 39.1 Å². The Labute approximate surface area is 129 Å². The number of rotatable bonds is 3. The summed E-state index contributed by atoms with van der Waals surface area (Å²) in [6.45, 7) is 18.1. The molecule has 0 radical (unpaired) electrons. The van der Waals surface area contributed by atoms with Crippen LogP contribution in [0.15, 0.2) is 6.20 Å². The molecule has 120 valence electrons. The van der Waals surface area contributed by atoms with Crippen LogP contribution in [0.2, 0.25) is 0 Å². The van der Waals surface area contributed by atoms with Crippen LogP contribution in [0.1, 0.15) is 72.2 Å². The van der Waals surface area contributed by atoms with E-state index in [0.717, 1.165) is 18.7 Å². The molecule has 4 heteroatoms. The molecule has 2 heterocycles. The normalized spacial score (nSPS) is 24.5. The minimum absolute atomic E-state index is 0.0855. The lowest BCUT2D eigenvalue weighted by molar-refractivity contribution is -0.0737. The van der Waals surface area contributed by atoms with Gasteiger partial charge in [-0.25, -0.2) is 0 Å². The molecule has 0 aromatic carbocycles. The van der Waals surface area contributed by atoms with E-state index in [4.69, 9.17) is 9.84 Å². The van der Waals surface area contributed by atoms with Crippen molar-refractivity contribution >= 4 is 0 Å². The van der Waals surface area contributed by atoms with Crippen LogP contribution in [0.5, 0.6) is 0 Å². The van der Waals surface area contributed by atoms with Crippen LogP contribution in [0.3, 0.4) is 0 Å². The Morgan fingerprint density at radius 2 is 1.95 bits per heavy atom. The lowest BCUT2D eigenvalue weighted by atomic mass is 9.95. The predicted octanol–water partition coefficient (Wildman–Crippen LogP) is 3.60. The summed E-state index contributed by atoms with van der Waals surface area (Å²) in [4.78, 5) is 0. The Hall–Kier alpha value is -0.870. The predicted molar refractivity (Wildman–Crippen MR) is 86.5 cm³/mol. The highest BCUT2D eigenvalue weighted by atomic mass is 16.5. The van der Waals surface area contributed by atoms with Crippen molar-refractivity contribution in [3.63, 3.8) is 0 Å². The van der Waals surface area contributed by atoms with Gasteiger partial charge in [0, 0.05) is 30.3 Å². The van der Waals surface area contributed by atoms with Crippen molar-refractivity contribution in [2.45, 2.75) is 91.1 Å². The fraction of sp³-hybridized carbons (Fsp3) is 0.824. The zero-order valence-corrected chi connectivity index (χ0v) is 14.9. The SMILES string of the molecule is Cc1nn(C2CC(C)(C)OC2(C)C)cc1CNC(C)(C)C. The lowest BCUT2D eigenvalue weighted by Gasteiger charge is -2.27. The second-order valence-electron chi connectivity index (χ2n) is 8.51. The van der Waals surface area contributed by atoms with Crippen molar-refractivity contribution in [3.8, 4) is 0 Å². The van der Waals surface area contributed by atoms with Crippen molar-refractivity contribution in [2.75, 3.05) is 0 Å². The van der Waals surface area contributed by atoms with Gasteiger partial charge >= 0.3 is 0 Å². The summed E-state index contributed by atoms with van der Waals surface area (Å²) in [6.07, 6.45) is 3.18. The third kappa shape index (κ3) is 3.86. The summed E-state index contributed by atoms with van der Waals surface area (Å²) >= 11 is 0. The summed E-state index contributed by atoms with van der Waals surface area (Å²) in [7, 11) is 0. The van der Waals surface area contributed by atoms with Gasteiger partial charge in [0.1, 0.15) is 0 Å². The van der Waals surface area contributed by atoms with Crippen LogP contribution in [-0.2, 0) is 11.3 Å². The molecule has 0 saturated carbocycles. The zero-order valence-electron chi connectivity index (χ0n) is 14.9. The highest BCUT2D eigenvalue weighted by Crippen LogP contribution is 2.44. The Bertz CT molecular complexity index is 509. The molecule has 1 aliphatic rings. The Morgan fingerprint density at radius 3 is 2.43 bits per heavy atom. The van der Waals surface area contributed by atoms with Gasteiger partial charge in [0.2, 0.25) is 0 Å². The molecule has 1 aromatic heterocycles. The molecule has 1 N–H and O–H groups in total. The van der Waals surface area contributed by atoms with Gasteiger partial charge in [-0.1, -0.05) is 0 Å². The molecule has 0 aliphatic carbocycles. The maximum Gasteiger partial charge on any atom is 0.0857 e. The second-order valence-corrected chi connectivity index (χ2v) is 8.51. The average molecular weight is 293 g/mol. The first kappa shape index (κ1) is 16.5. The van der Waals surface area contributed by atoms with Crippen LogP contribution >= 0.6 is 0 Å². The van der Waals surface area contributed by atoms with Crippen LogP contribution in [0.25, 0.3) is 0 Å². The summed E-state index contributed by atoms with van der Waals surface area (Å²) in [6, 6.07) is 0.287. The molecular weight excluding hydrogens is 262 g/mol. The largest absolute Gasteiger partial charge is 0.367 e. The molecule has 1 unspecified atom stereocenters. The average Bonchev–Trinajstić information content (AvgIpc) is 2.71. The van der Waals surface area contributed by atoms with Crippen molar-refractivity contribution < 1.29 is 4.74 Å². The fourth-order valence-electron chi connectivity index (χ4n) is 3.16. The standard InChI is InChI=1S/C17H31N3O/c1-12-13(10-18-15(2,3)4)11-20(19-12)14-9-16(5,6)21-17(14,7)8/h11,14,18H,9-10H2,1-8H3. The summed E-state index contributed by atoms with van der Waals surface area (Å²) < 4.78 is 8.30. The highest BCUT2D eigenvalue weighted by molar-refractivity contribution is 5.17. The first-order chi connectivity index (χ1) is 9.40. The van der Waals surface area contributed by atoms with Crippen molar-refractivity contribution in [2.24, 2.45) is 0 Å². The molecule has 1 aromatic rings. The van der Waals surface area contributed by atoms with E-state index in [2.05, 4.69) is 71.6 Å². The molecule has 1 fully saturated rings. The van der Waals surface area contributed by atoms with Crippen molar-refractivity contribution in [1.29, 1.82) is 0 Å². The Kier molecular flexibility index (Phi) is 4.00. The van der Waals surface area contributed by atoms with E-state index in [-0.39, 0.29) is 22.8 Å². The summed E-state index contributed by atoms with van der Waals surface area (Å²) in [5, 5.41) is 8.29. The van der Waals surface area contributed by atoms with Crippen LogP contribution in [0, 0.1) is 6.92 Å². The van der Waals surface area contributed by atoms with E-state index in [0.29, 0.717) is 0 Å². The minimum Gasteiger partial charge on any atom is -0.367 e. The van der Waals surface area contributed by atoms with Crippen LogP contribution in [0.4, 0.5) is 0 Å². The molecule has 0 spiro atoms. The van der Waals surface area contributed by atoms with Gasteiger partial charge in [0.05, 0.1) is 22.9 Å². The van der Waals surface area contributed by atoms with Crippen LogP contribution in [-0.4, -0.2) is 26.5 Å².